The van der Waals surface area contributed by atoms with Crippen molar-refractivity contribution in [2.75, 3.05) is 31.1 Å². The van der Waals surface area contributed by atoms with Gasteiger partial charge in [-0.2, -0.15) is 18.4 Å². The van der Waals surface area contributed by atoms with E-state index in [1.54, 1.807) is 0 Å². The molecule has 1 aromatic rings. The van der Waals surface area contributed by atoms with Gasteiger partial charge < -0.3 is 9.80 Å². The minimum atomic E-state index is -4.46. The fourth-order valence-electron chi connectivity index (χ4n) is 3.85. The summed E-state index contributed by atoms with van der Waals surface area (Å²) in [6.07, 6.45) is 0.853. The lowest BCUT2D eigenvalue weighted by atomic mass is 9.88. The SMILES string of the molecule is N#Cc1cc(C(F)(F)F)ccc1N1CCN(C(=O)C2CCCCC2)CC1. The Morgan fingerprint density at radius 3 is 2.31 bits per heavy atom. The maximum atomic E-state index is 12.8. The molecule has 1 aliphatic heterocycles. The number of amides is 1. The van der Waals surface area contributed by atoms with Crippen molar-refractivity contribution in [3.8, 4) is 6.07 Å². The summed E-state index contributed by atoms with van der Waals surface area (Å²) in [4.78, 5) is 16.4. The lowest BCUT2D eigenvalue weighted by molar-refractivity contribution is -0.138. The quantitative estimate of drug-likeness (QED) is 0.801. The maximum absolute atomic E-state index is 12.8. The first-order valence-corrected chi connectivity index (χ1v) is 9.05. The average molecular weight is 365 g/mol. The number of alkyl halides is 3. The smallest absolute Gasteiger partial charge is 0.367 e. The molecule has 2 aliphatic rings. The summed E-state index contributed by atoms with van der Waals surface area (Å²) < 4.78 is 38.5. The molecule has 26 heavy (non-hydrogen) atoms. The predicted molar refractivity (Wildman–Crippen MR) is 91.5 cm³/mol. The Bertz CT molecular complexity index is 697. The molecule has 2 fully saturated rings. The molecule has 1 aromatic carbocycles. The molecule has 0 N–H and O–H groups in total. The Morgan fingerprint density at radius 1 is 1.08 bits per heavy atom. The molecule has 0 unspecified atom stereocenters. The number of nitrogens with zero attached hydrogens (tertiary/aromatic N) is 3. The van der Waals surface area contributed by atoms with Crippen LogP contribution in [0.5, 0.6) is 0 Å². The van der Waals surface area contributed by atoms with Crippen molar-refractivity contribution < 1.29 is 18.0 Å². The van der Waals surface area contributed by atoms with Crippen molar-refractivity contribution in [1.29, 1.82) is 5.26 Å². The van der Waals surface area contributed by atoms with Crippen molar-refractivity contribution in [1.82, 2.24) is 4.90 Å². The molecule has 1 saturated heterocycles. The monoisotopic (exact) mass is 365 g/mol. The van der Waals surface area contributed by atoms with E-state index in [4.69, 9.17) is 0 Å². The van der Waals surface area contributed by atoms with Crippen LogP contribution in [0.4, 0.5) is 18.9 Å². The largest absolute Gasteiger partial charge is 0.416 e. The molecule has 140 valence electrons. The van der Waals surface area contributed by atoms with Crippen LogP contribution in [0.2, 0.25) is 0 Å². The van der Waals surface area contributed by atoms with Gasteiger partial charge in [0.2, 0.25) is 5.91 Å². The summed E-state index contributed by atoms with van der Waals surface area (Å²) in [5, 5.41) is 9.24. The summed E-state index contributed by atoms with van der Waals surface area (Å²) in [5.41, 5.74) is -0.291. The van der Waals surface area contributed by atoms with Gasteiger partial charge in [0.1, 0.15) is 6.07 Å². The first kappa shape index (κ1) is 18.6. The van der Waals surface area contributed by atoms with Gasteiger partial charge in [-0.1, -0.05) is 19.3 Å². The number of hydrogen-bond acceptors (Lipinski definition) is 3. The summed E-state index contributed by atoms with van der Waals surface area (Å²) >= 11 is 0. The topological polar surface area (TPSA) is 47.3 Å². The molecule has 4 nitrogen and oxygen atoms in total. The second-order valence-corrected chi connectivity index (χ2v) is 6.99. The molecule has 1 heterocycles. The van der Waals surface area contributed by atoms with E-state index in [1.807, 2.05) is 15.9 Å². The van der Waals surface area contributed by atoms with E-state index in [2.05, 4.69) is 0 Å². The molecule has 7 heteroatoms. The highest BCUT2D eigenvalue weighted by Crippen LogP contribution is 2.33. The third-order valence-electron chi connectivity index (χ3n) is 5.33. The van der Waals surface area contributed by atoms with Gasteiger partial charge in [0.05, 0.1) is 16.8 Å². The van der Waals surface area contributed by atoms with Gasteiger partial charge in [-0.15, -0.1) is 0 Å². The molecule has 1 amide bonds. The molecule has 0 atom stereocenters. The van der Waals surface area contributed by atoms with E-state index in [-0.39, 0.29) is 17.4 Å². The standard InChI is InChI=1S/C19H22F3N3O/c20-19(21,22)16-6-7-17(15(12-16)13-23)24-8-10-25(11-9-24)18(26)14-4-2-1-3-5-14/h6-7,12,14H,1-5,8-11H2. The zero-order valence-electron chi connectivity index (χ0n) is 14.6. The van der Waals surface area contributed by atoms with Crippen LogP contribution in [-0.4, -0.2) is 37.0 Å². The predicted octanol–water partition coefficient (Wildman–Crippen LogP) is 3.81. The van der Waals surface area contributed by atoms with Crippen LogP contribution in [0, 0.1) is 17.2 Å². The molecular formula is C19H22F3N3O. The Labute approximate surface area is 151 Å². The first-order valence-electron chi connectivity index (χ1n) is 9.05. The van der Waals surface area contributed by atoms with Gasteiger partial charge in [-0.05, 0) is 31.0 Å². The van der Waals surface area contributed by atoms with Crippen molar-refractivity contribution in [2.45, 2.75) is 38.3 Å². The highest BCUT2D eigenvalue weighted by Gasteiger charge is 2.32. The van der Waals surface area contributed by atoms with Crippen LogP contribution in [0.1, 0.15) is 43.2 Å². The molecule has 3 rings (SSSR count). The van der Waals surface area contributed by atoms with Gasteiger partial charge in [0, 0.05) is 32.1 Å². The minimum absolute atomic E-state index is 0.0203. The van der Waals surface area contributed by atoms with E-state index in [1.165, 1.54) is 12.5 Å². The fraction of sp³-hybridized carbons (Fsp3) is 0.579. The van der Waals surface area contributed by atoms with E-state index >= 15 is 0 Å². The number of hydrogen-bond donors (Lipinski definition) is 0. The maximum Gasteiger partial charge on any atom is 0.416 e. The van der Waals surface area contributed by atoms with E-state index in [0.717, 1.165) is 37.8 Å². The number of rotatable bonds is 2. The Hall–Kier alpha value is -2.23. The van der Waals surface area contributed by atoms with Crippen LogP contribution >= 0.6 is 0 Å². The number of nitriles is 1. The Balaban J connectivity index is 1.66. The summed E-state index contributed by atoms with van der Waals surface area (Å²) in [6.45, 7) is 2.14. The van der Waals surface area contributed by atoms with Crippen molar-refractivity contribution >= 4 is 11.6 Å². The molecule has 0 aromatic heterocycles. The molecule has 0 radical (unpaired) electrons. The fourth-order valence-corrected chi connectivity index (χ4v) is 3.85. The average Bonchev–Trinajstić information content (AvgIpc) is 2.67. The van der Waals surface area contributed by atoms with Crippen LogP contribution in [-0.2, 0) is 11.0 Å². The highest BCUT2D eigenvalue weighted by molar-refractivity contribution is 5.79. The number of benzene rings is 1. The number of carbonyl (C=O) groups is 1. The Morgan fingerprint density at radius 2 is 1.73 bits per heavy atom. The van der Waals surface area contributed by atoms with Gasteiger partial charge in [-0.3, -0.25) is 4.79 Å². The highest BCUT2D eigenvalue weighted by atomic mass is 19.4. The summed E-state index contributed by atoms with van der Waals surface area (Å²) in [5.74, 6) is 0.327. The minimum Gasteiger partial charge on any atom is -0.367 e. The lowest BCUT2D eigenvalue weighted by Crippen LogP contribution is -2.50. The Kier molecular flexibility index (Phi) is 5.40. The first-order chi connectivity index (χ1) is 12.4. The third kappa shape index (κ3) is 3.95. The molecule has 0 spiro atoms. The molecule has 0 bridgehead atoms. The molecule has 1 aliphatic carbocycles. The lowest BCUT2D eigenvalue weighted by Gasteiger charge is -2.38. The summed E-state index contributed by atoms with van der Waals surface area (Å²) in [7, 11) is 0. The zero-order chi connectivity index (χ0) is 18.7. The number of carbonyl (C=O) groups excluding carboxylic acids is 1. The summed E-state index contributed by atoms with van der Waals surface area (Å²) in [6, 6.07) is 5.14. The van der Waals surface area contributed by atoms with E-state index < -0.39 is 11.7 Å². The normalized spacial score (nSPS) is 19.3. The zero-order valence-corrected chi connectivity index (χ0v) is 14.6. The van der Waals surface area contributed by atoms with Crippen molar-refractivity contribution in [3.63, 3.8) is 0 Å². The number of piperazine rings is 1. The van der Waals surface area contributed by atoms with E-state index in [0.29, 0.717) is 31.9 Å². The van der Waals surface area contributed by atoms with Gasteiger partial charge in [0.25, 0.3) is 0 Å². The van der Waals surface area contributed by atoms with Crippen LogP contribution < -0.4 is 4.90 Å². The van der Waals surface area contributed by atoms with Crippen molar-refractivity contribution in [3.05, 3.63) is 29.3 Å². The van der Waals surface area contributed by atoms with Crippen LogP contribution in [0.3, 0.4) is 0 Å². The number of anilines is 1. The van der Waals surface area contributed by atoms with Gasteiger partial charge in [0.15, 0.2) is 0 Å². The van der Waals surface area contributed by atoms with Crippen LogP contribution in [0.15, 0.2) is 18.2 Å². The molecular weight excluding hydrogens is 343 g/mol. The van der Waals surface area contributed by atoms with Gasteiger partial charge in [-0.25, -0.2) is 0 Å². The second-order valence-electron chi connectivity index (χ2n) is 6.99. The van der Waals surface area contributed by atoms with E-state index in [9.17, 15) is 23.2 Å². The second kappa shape index (κ2) is 7.56. The molecule has 1 saturated carbocycles. The third-order valence-corrected chi connectivity index (χ3v) is 5.33. The van der Waals surface area contributed by atoms with Gasteiger partial charge >= 0.3 is 6.18 Å². The van der Waals surface area contributed by atoms with Crippen molar-refractivity contribution in [2.24, 2.45) is 5.92 Å². The van der Waals surface area contributed by atoms with Crippen LogP contribution in [0.25, 0.3) is 0 Å². The number of halogens is 3.